The molecule has 1 saturated heterocycles. The molecule has 24 heavy (non-hydrogen) atoms. The molecule has 0 aliphatic carbocycles. The van der Waals surface area contributed by atoms with Crippen molar-refractivity contribution in [1.29, 1.82) is 0 Å². The van der Waals surface area contributed by atoms with E-state index >= 15 is 0 Å². The van der Waals surface area contributed by atoms with Crippen LogP contribution in [0.1, 0.15) is 18.4 Å². The summed E-state index contributed by atoms with van der Waals surface area (Å²) in [6, 6.07) is 5.99. The summed E-state index contributed by atoms with van der Waals surface area (Å²) in [6.07, 6.45) is 8.33. The van der Waals surface area contributed by atoms with E-state index in [4.69, 9.17) is 5.73 Å². The minimum atomic E-state index is 0.285. The number of hydrogen-bond donors (Lipinski definition) is 2. The highest BCUT2D eigenvalue weighted by Crippen LogP contribution is 2.34. The van der Waals surface area contributed by atoms with Gasteiger partial charge in [-0.05, 0) is 43.0 Å². The lowest BCUT2D eigenvalue weighted by molar-refractivity contribution is 0.229. The number of rotatable bonds is 3. The minimum absolute atomic E-state index is 0.285. The summed E-state index contributed by atoms with van der Waals surface area (Å²) in [5.74, 6) is 0.301. The highest BCUT2D eigenvalue weighted by atomic mass is 32.1. The van der Waals surface area contributed by atoms with E-state index in [2.05, 4.69) is 27.4 Å². The summed E-state index contributed by atoms with van der Waals surface area (Å²) in [5.41, 5.74) is 7.81. The van der Waals surface area contributed by atoms with Gasteiger partial charge in [0.25, 0.3) is 0 Å². The highest BCUT2D eigenvalue weighted by Gasteiger charge is 2.15. The second kappa shape index (κ2) is 6.51. The van der Waals surface area contributed by atoms with Crippen molar-refractivity contribution in [3.63, 3.8) is 0 Å². The zero-order valence-electron chi connectivity index (χ0n) is 13.5. The SMILES string of the molecule is NC1CCCN(C/C=C/c2c(O)ccc3ncc4sccc4c23)C1. The molecule has 1 fully saturated rings. The molecule has 0 amide bonds. The van der Waals surface area contributed by atoms with Gasteiger partial charge in [-0.25, -0.2) is 0 Å². The van der Waals surface area contributed by atoms with Gasteiger partial charge < -0.3 is 10.8 Å². The summed E-state index contributed by atoms with van der Waals surface area (Å²) in [5, 5.41) is 14.6. The number of piperidine rings is 1. The number of aromatic hydroxyl groups is 1. The number of nitrogens with two attached hydrogens (primary N) is 1. The third kappa shape index (κ3) is 2.90. The summed E-state index contributed by atoms with van der Waals surface area (Å²) in [4.78, 5) is 6.90. The Morgan fingerprint density at radius 1 is 1.38 bits per heavy atom. The number of benzene rings is 1. The zero-order chi connectivity index (χ0) is 16.5. The lowest BCUT2D eigenvalue weighted by Gasteiger charge is -2.29. The van der Waals surface area contributed by atoms with Crippen molar-refractivity contribution >= 4 is 38.4 Å². The van der Waals surface area contributed by atoms with Crippen molar-refractivity contribution in [2.24, 2.45) is 5.73 Å². The third-order valence-electron chi connectivity index (χ3n) is 4.68. The van der Waals surface area contributed by atoms with E-state index in [1.54, 1.807) is 17.4 Å². The monoisotopic (exact) mass is 339 g/mol. The fourth-order valence-corrected chi connectivity index (χ4v) is 4.25. The van der Waals surface area contributed by atoms with Gasteiger partial charge in [0.15, 0.2) is 0 Å². The molecule has 1 aromatic carbocycles. The predicted molar refractivity (Wildman–Crippen MR) is 101 cm³/mol. The minimum Gasteiger partial charge on any atom is -0.507 e. The average molecular weight is 339 g/mol. The Bertz CT molecular complexity index is 902. The molecule has 1 unspecified atom stereocenters. The number of likely N-dealkylation sites (tertiary alicyclic amines) is 1. The Hall–Kier alpha value is -1.95. The van der Waals surface area contributed by atoms with Crippen molar-refractivity contribution < 1.29 is 5.11 Å². The first-order chi connectivity index (χ1) is 11.7. The maximum atomic E-state index is 10.4. The molecule has 5 heteroatoms. The predicted octanol–water partition coefficient (Wildman–Crippen LogP) is 3.59. The molecular weight excluding hydrogens is 318 g/mol. The van der Waals surface area contributed by atoms with E-state index in [9.17, 15) is 5.11 Å². The standard InChI is InChI=1S/C19H21N3OS/c20-13-3-1-8-22(12-13)9-2-4-14-17(23)6-5-16-19(14)15-7-10-24-18(15)11-21-16/h2,4-7,10-11,13,23H,1,3,8-9,12,20H2/b4-2+. The fraction of sp³-hybridized carbons (Fsp3) is 0.316. The van der Waals surface area contributed by atoms with Crippen molar-refractivity contribution in [2.75, 3.05) is 19.6 Å². The molecule has 124 valence electrons. The lowest BCUT2D eigenvalue weighted by atomic mass is 10.0. The highest BCUT2D eigenvalue weighted by molar-refractivity contribution is 7.17. The van der Waals surface area contributed by atoms with Crippen LogP contribution in [0, 0.1) is 0 Å². The van der Waals surface area contributed by atoms with Crippen molar-refractivity contribution in [3.05, 3.63) is 41.4 Å². The second-order valence-corrected chi connectivity index (χ2v) is 7.36. The van der Waals surface area contributed by atoms with Gasteiger partial charge in [0.05, 0.1) is 10.2 Å². The first-order valence-electron chi connectivity index (χ1n) is 8.35. The summed E-state index contributed by atoms with van der Waals surface area (Å²) >= 11 is 1.67. The van der Waals surface area contributed by atoms with Crippen molar-refractivity contribution in [3.8, 4) is 5.75 Å². The molecule has 3 heterocycles. The normalized spacial score (nSPS) is 19.6. The number of thiophene rings is 1. The Morgan fingerprint density at radius 3 is 3.17 bits per heavy atom. The van der Waals surface area contributed by atoms with Gasteiger partial charge in [-0.1, -0.05) is 12.2 Å². The van der Waals surface area contributed by atoms with E-state index in [1.807, 2.05) is 18.3 Å². The zero-order valence-corrected chi connectivity index (χ0v) is 14.3. The van der Waals surface area contributed by atoms with Gasteiger partial charge in [0.2, 0.25) is 0 Å². The molecule has 1 aliphatic rings. The van der Waals surface area contributed by atoms with Crippen molar-refractivity contribution in [2.45, 2.75) is 18.9 Å². The largest absolute Gasteiger partial charge is 0.507 e. The molecular formula is C19H21N3OS. The lowest BCUT2D eigenvalue weighted by Crippen LogP contribution is -2.42. The fourth-order valence-electron chi connectivity index (χ4n) is 3.49. The van der Waals surface area contributed by atoms with E-state index in [-0.39, 0.29) is 6.04 Å². The first kappa shape index (κ1) is 15.6. The topological polar surface area (TPSA) is 62.4 Å². The number of phenols is 1. The maximum Gasteiger partial charge on any atom is 0.123 e. The summed E-state index contributed by atoms with van der Waals surface area (Å²) < 4.78 is 1.14. The average Bonchev–Trinajstić information content (AvgIpc) is 3.05. The van der Waals surface area contributed by atoms with Crippen LogP contribution in [-0.2, 0) is 0 Å². The quantitative estimate of drug-likeness (QED) is 0.765. The molecule has 3 aromatic rings. The maximum absolute atomic E-state index is 10.4. The smallest absolute Gasteiger partial charge is 0.123 e. The molecule has 2 aromatic heterocycles. The molecule has 1 atom stereocenters. The van der Waals surface area contributed by atoms with E-state index in [0.29, 0.717) is 5.75 Å². The first-order valence-corrected chi connectivity index (χ1v) is 9.23. The van der Waals surface area contributed by atoms with Gasteiger partial charge in [0, 0.05) is 41.7 Å². The molecule has 0 saturated carbocycles. The molecule has 0 radical (unpaired) electrons. The van der Waals surface area contributed by atoms with Crippen LogP contribution in [0.15, 0.2) is 35.9 Å². The van der Waals surface area contributed by atoms with Crippen molar-refractivity contribution in [1.82, 2.24) is 9.88 Å². The summed E-state index contributed by atoms with van der Waals surface area (Å²) in [6.45, 7) is 2.90. The van der Waals surface area contributed by atoms with E-state index in [0.717, 1.165) is 59.0 Å². The number of nitrogens with zero attached hydrogens (tertiary/aromatic N) is 2. The molecule has 0 spiro atoms. The van der Waals surface area contributed by atoms with Crippen LogP contribution in [0.4, 0.5) is 0 Å². The van der Waals surface area contributed by atoms with Gasteiger partial charge in [-0.15, -0.1) is 11.3 Å². The summed E-state index contributed by atoms with van der Waals surface area (Å²) in [7, 11) is 0. The number of hydrogen-bond acceptors (Lipinski definition) is 5. The van der Waals surface area contributed by atoms with Crippen LogP contribution >= 0.6 is 11.3 Å². The van der Waals surface area contributed by atoms with Gasteiger partial charge in [-0.3, -0.25) is 9.88 Å². The van der Waals surface area contributed by atoms with Crippen LogP contribution < -0.4 is 5.73 Å². The third-order valence-corrected chi connectivity index (χ3v) is 5.53. The molecule has 4 nitrogen and oxygen atoms in total. The van der Waals surface area contributed by atoms with Crippen LogP contribution in [0.2, 0.25) is 0 Å². The number of aromatic nitrogens is 1. The Balaban J connectivity index is 1.69. The number of fused-ring (bicyclic) bond motifs is 3. The molecule has 1 aliphatic heterocycles. The Kier molecular flexibility index (Phi) is 4.22. The molecule has 3 N–H and O–H groups in total. The van der Waals surface area contributed by atoms with E-state index < -0.39 is 0 Å². The number of pyridine rings is 1. The van der Waals surface area contributed by atoms with Crippen LogP contribution in [0.25, 0.3) is 27.1 Å². The van der Waals surface area contributed by atoms with Crippen LogP contribution in [-0.4, -0.2) is 40.7 Å². The number of phenolic OH excluding ortho intramolecular Hbond substituents is 1. The molecule has 4 rings (SSSR count). The van der Waals surface area contributed by atoms with Gasteiger partial charge in [0.1, 0.15) is 5.75 Å². The second-order valence-electron chi connectivity index (χ2n) is 6.41. The van der Waals surface area contributed by atoms with Crippen LogP contribution in [0.5, 0.6) is 5.75 Å². The van der Waals surface area contributed by atoms with E-state index in [1.165, 1.54) is 0 Å². The Morgan fingerprint density at radius 2 is 2.29 bits per heavy atom. The van der Waals surface area contributed by atoms with Crippen LogP contribution in [0.3, 0.4) is 0 Å². The Labute approximate surface area is 145 Å². The van der Waals surface area contributed by atoms with Gasteiger partial charge >= 0.3 is 0 Å². The molecule has 0 bridgehead atoms. The van der Waals surface area contributed by atoms with Gasteiger partial charge in [-0.2, -0.15) is 0 Å².